The monoisotopic (exact) mass is 595 g/mol. The Labute approximate surface area is 254 Å². The number of aliphatic hydroxyl groups excluding tert-OH is 1. The molecule has 234 valence electrons. The van der Waals surface area contributed by atoms with Crippen LogP contribution in [0.3, 0.4) is 0 Å². The number of carbonyl (C=O) groups is 4. The SMILES string of the molecule is C=CCCC(=O)OC[C@H](NC(=O)[C@@H]1[C@@H]2CC[C@]3(O2)[C@H](C(=O)N(CC=C)C(C)(C)C)N([C@H](C)CO)C(=O)[C@@H]13)c1ccccc1. The number of fused-ring (bicyclic) bond motifs is 1. The lowest BCUT2D eigenvalue weighted by Crippen LogP contribution is -2.61. The fourth-order valence-electron chi connectivity index (χ4n) is 6.85. The predicted octanol–water partition coefficient (Wildman–Crippen LogP) is 2.92. The van der Waals surface area contributed by atoms with Crippen LogP contribution >= 0.6 is 0 Å². The van der Waals surface area contributed by atoms with E-state index in [0.29, 0.717) is 19.3 Å². The number of carbonyl (C=O) groups excluding carboxylic acids is 4. The Morgan fingerprint density at radius 3 is 2.53 bits per heavy atom. The van der Waals surface area contributed by atoms with E-state index >= 15 is 0 Å². The Balaban J connectivity index is 1.65. The molecule has 3 fully saturated rings. The second-order valence-corrected chi connectivity index (χ2v) is 12.7. The van der Waals surface area contributed by atoms with Gasteiger partial charge >= 0.3 is 5.97 Å². The minimum atomic E-state index is -1.20. The number of benzene rings is 1. The van der Waals surface area contributed by atoms with Gasteiger partial charge in [-0.25, -0.2) is 0 Å². The van der Waals surface area contributed by atoms with Crippen molar-refractivity contribution in [3.8, 4) is 0 Å². The lowest BCUT2D eigenvalue weighted by molar-refractivity contribution is -0.154. The van der Waals surface area contributed by atoms with Gasteiger partial charge in [0, 0.05) is 18.5 Å². The van der Waals surface area contributed by atoms with Crippen molar-refractivity contribution in [2.45, 2.75) is 88.7 Å². The second-order valence-electron chi connectivity index (χ2n) is 12.7. The molecule has 2 N–H and O–H groups in total. The number of amides is 3. The Hall–Kier alpha value is -3.50. The van der Waals surface area contributed by atoms with Gasteiger partial charge in [-0.3, -0.25) is 19.2 Å². The van der Waals surface area contributed by atoms with E-state index in [0.717, 1.165) is 5.56 Å². The predicted molar refractivity (Wildman–Crippen MR) is 160 cm³/mol. The topological polar surface area (TPSA) is 125 Å². The number of hydrogen-bond donors (Lipinski definition) is 2. The van der Waals surface area contributed by atoms with Crippen LogP contribution in [0.5, 0.6) is 0 Å². The third-order valence-electron chi connectivity index (χ3n) is 8.88. The van der Waals surface area contributed by atoms with Gasteiger partial charge in [0.25, 0.3) is 0 Å². The maximum absolute atomic E-state index is 14.3. The van der Waals surface area contributed by atoms with Crippen molar-refractivity contribution in [2.24, 2.45) is 11.8 Å². The molecule has 10 heteroatoms. The molecule has 1 aromatic rings. The minimum absolute atomic E-state index is 0.0788. The van der Waals surface area contributed by atoms with Gasteiger partial charge in [0.2, 0.25) is 17.7 Å². The molecule has 3 aliphatic rings. The first-order valence-electron chi connectivity index (χ1n) is 15.1. The highest BCUT2D eigenvalue weighted by molar-refractivity contribution is 5.99. The number of nitrogens with one attached hydrogen (secondary N) is 1. The molecule has 2 bridgehead atoms. The number of allylic oxidation sites excluding steroid dienone is 1. The van der Waals surface area contributed by atoms with E-state index in [1.807, 2.05) is 51.1 Å². The van der Waals surface area contributed by atoms with Crippen LogP contribution in [0.15, 0.2) is 55.6 Å². The third kappa shape index (κ3) is 6.13. The smallest absolute Gasteiger partial charge is 0.306 e. The average molecular weight is 596 g/mol. The molecule has 0 aliphatic carbocycles. The van der Waals surface area contributed by atoms with E-state index in [9.17, 15) is 24.3 Å². The van der Waals surface area contributed by atoms with Crippen LogP contribution in [0.4, 0.5) is 0 Å². The normalized spacial score (nSPS) is 27.3. The Morgan fingerprint density at radius 2 is 1.93 bits per heavy atom. The van der Waals surface area contributed by atoms with Gasteiger partial charge in [-0.2, -0.15) is 0 Å². The molecule has 1 aromatic carbocycles. The van der Waals surface area contributed by atoms with Gasteiger partial charge in [-0.05, 0) is 52.5 Å². The maximum atomic E-state index is 14.3. The number of esters is 1. The molecule has 0 unspecified atom stereocenters. The van der Waals surface area contributed by atoms with Crippen LogP contribution in [0, 0.1) is 11.8 Å². The zero-order valence-corrected chi connectivity index (χ0v) is 25.7. The first kappa shape index (κ1) is 32.4. The molecular formula is C33H45N3O7. The van der Waals surface area contributed by atoms with Gasteiger partial charge in [0.1, 0.15) is 18.2 Å². The van der Waals surface area contributed by atoms with E-state index in [1.165, 1.54) is 4.90 Å². The molecule has 0 saturated carbocycles. The van der Waals surface area contributed by atoms with Crippen LogP contribution in [0.2, 0.25) is 0 Å². The van der Waals surface area contributed by atoms with Crippen molar-refractivity contribution in [3.63, 3.8) is 0 Å². The summed E-state index contributed by atoms with van der Waals surface area (Å²) in [4.78, 5) is 57.9. The summed E-state index contributed by atoms with van der Waals surface area (Å²) in [6, 6.07) is 6.88. The zero-order chi connectivity index (χ0) is 31.5. The number of likely N-dealkylation sites (tertiary alicyclic amines) is 1. The van der Waals surface area contributed by atoms with Crippen molar-refractivity contribution in [1.29, 1.82) is 0 Å². The lowest BCUT2D eigenvalue weighted by Gasteiger charge is -2.43. The van der Waals surface area contributed by atoms with Crippen molar-refractivity contribution in [1.82, 2.24) is 15.1 Å². The zero-order valence-electron chi connectivity index (χ0n) is 25.7. The molecule has 3 heterocycles. The quantitative estimate of drug-likeness (QED) is 0.265. The fourth-order valence-corrected chi connectivity index (χ4v) is 6.85. The summed E-state index contributed by atoms with van der Waals surface area (Å²) in [6.07, 6.45) is 4.35. The van der Waals surface area contributed by atoms with E-state index in [2.05, 4.69) is 18.5 Å². The maximum Gasteiger partial charge on any atom is 0.306 e. The number of rotatable bonds is 13. The van der Waals surface area contributed by atoms with E-state index < -0.39 is 59.1 Å². The second kappa shape index (κ2) is 13.0. The van der Waals surface area contributed by atoms with Crippen molar-refractivity contribution in [2.75, 3.05) is 19.8 Å². The average Bonchev–Trinajstić information content (AvgIpc) is 3.63. The summed E-state index contributed by atoms with van der Waals surface area (Å²) >= 11 is 0. The van der Waals surface area contributed by atoms with Gasteiger partial charge in [0.15, 0.2) is 0 Å². The Bertz CT molecular complexity index is 1230. The van der Waals surface area contributed by atoms with Crippen molar-refractivity contribution < 1.29 is 33.8 Å². The summed E-state index contributed by atoms with van der Waals surface area (Å²) < 4.78 is 12.0. The highest BCUT2D eigenvalue weighted by Gasteiger charge is 2.75. The summed E-state index contributed by atoms with van der Waals surface area (Å²) in [5, 5.41) is 13.1. The third-order valence-corrected chi connectivity index (χ3v) is 8.88. The Morgan fingerprint density at radius 1 is 1.23 bits per heavy atom. The molecule has 10 nitrogen and oxygen atoms in total. The molecule has 43 heavy (non-hydrogen) atoms. The van der Waals surface area contributed by atoms with Crippen LogP contribution in [-0.4, -0.2) is 87.7 Å². The van der Waals surface area contributed by atoms with E-state index in [4.69, 9.17) is 9.47 Å². The van der Waals surface area contributed by atoms with Crippen LogP contribution in [-0.2, 0) is 28.7 Å². The molecule has 3 saturated heterocycles. The number of nitrogens with zero attached hydrogens (tertiary/aromatic N) is 2. The first-order chi connectivity index (χ1) is 20.4. The molecule has 4 rings (SSSR count). The molecule has 7 atom stereocenters. The summed E-state index contributed by atoms with van der Waals surface area (Å²) in [6.45, 7) is 14.7. The standard InChI is InChI=1S/C33H45N3O7/c1-7-9-15-25(38)42-20-23(22-13-11-10-12-14-22)34-29(39)26-24-16-17-33(43-24)27(26)30(40)36(21(3)19-37)28(33)31(41)35(18-8-2)32(4,5)6/h7-8,10-14,21,23-24,26-28,37H,1-2,9,15-20H2,3-6H3,(H,34,39)/t21-,23+,24+,26-,27-,28+,33-/m1/s1. The summed E-state index contributed by atoms with van der Waals surface area (Å²) in [5.74, 6) is -3.21. The van der Waals surface area contributed by atoms with Gasteiger partial charge in [-0.15, -0.1) is 13.2 Å². The molecule has 1 spiro atoms. The number of hydrogen-bond acceptors (Lipinski definition) is 7. The number of aliphatic hydroxyl groups is 1. The first-order valence-corrected chi connectivity index (χ1v) is 15.1. The highest BCUT2D eigenvalue weighted by Crippen LogP contribution is 2.59. The van der Waals surface area contributed by atoms with Crippen LogP contribution < -0.4 is 5.32 Å². The molecule has 3 aliphatic heterocycles. The molecule has 0 radical (unpaired) electrons. The van der Waals surface area contributed by atoms with Crippen LogP contribution in [0.1, 0.15) is 65.0 Å². The fraction of sp³-hybridized carbons (Fsp3) is 0.576. The molecule has 0 aromatic heterocycles. The van der Waals surface area contributed by atoms with E-state index in [-0.39, 0.29) is 38.0 Å². The summed E-state index contributed by atoms with van der Waals surface area (Å²) in [7, 11) is 0. The van der Waals surface area contributed by atoms with Crippen molar-refractivity contribution >= 4 is 23.7 Å². The van der Waals surface area contributed by atoms with Gasteiger partial charge in [0.05, 0.1) is 36.6 Å². The lowest BCUT2D eigenvalue weighted by atomic mass is 9.70. The van der Waals surface area contributed by atoms with Gasteiger partial charge < -0.3 is 29.7 Å². The number of ether oxygens (including phenoxy) is 2. The van der Waals surface area contributed by atoms with E-state index in [1.54, 1.807) is 24.0 Å². The van der Waals surface area contributed by atoms with Crippen LogP contribution in [0.25, 0.3) is 0 Å². The van der Waals surface area contributed by atoms with Gasteiger partial charge in [-0.1, -0.05) is 42.5 Å². The highest BCUT2D eigenvalue weighted by atomic mass is 16.5. The molecule has 3 amide bonds. The molecular weight excluding hydrogens is 550 g/mol. The minimum Gasteiger partial charge on any atom is -0.463 e. The summed E-state index contributed by atoms with van der Waals surface area (Å²) in [5.41, 5.74) is -1.03. The Kier molecular flexibility index (Phi) is 9.81. The van der Waals surface area contributed by atoms with Crippen molar-refractivity contribution in [3.05, 3.63) is 61.2 Å². The largest absolute Gasteiger partial charge is 0.463 e.